The van der Waals surface area contributed by atoms with E-state index in [4.69, 9.17) is 0 Å². The normalized spacial score (nSPS) is 15.0. The Morgan fingerprint density at radius 3 is 2.87 bits per heavy atom. The minimum atomic E-state index is -0.145. The number of thiophene rings is 1. The van der Waals surface area contributed by atoms with Crippen molar-refractivity contribution in [2.24, 2.45) is 0 Å². The average molecular weight is 330 g/mol. The molecule has 0 fully saturated rings. The quantitative estimate of drug-likeness (QED) is 0.864. The maximum Gasteiger partial charge on any atom is 0.282 e. The molecule has 0 saturated carbocycles. The number of hydrogen-bond acceptors (Lipinski definition) is 3. The third-order valence-corrected chi connectivity index (χ3v) is 4.85. The van der Waals surface area contributed by atoms with Gasteiger partial charge in [-0.25, -0.2) is 0 Å². The Hall–Kier alpha value is -2.18. The van der Waals surface area contributed by atoms with Gasteiger partial charge in [0, 0.05) is 0 Å². The number of amides is 2. The second kappa shape index (κ2) is 6.93. The van der Waals surface area contributed by atoms with Gasteiger partial charge < -0.3 is 10.2 Å². The molecule has 5 nitrogen and oxygen atoms in total. The fourth-order valence-electron chi connectivity index (χ4n) is 2.74. The first-order chi connectivity index (χ1) is 11.2. The molecule has 0 spiro atoms. The molecule has 2 amide bonds. The summed E-state index contributed by atoms with van der Waals surface area (Å²) in [5.41, 5.74) is 1.48. The number of para-hydroxylation sites is 2. The van der Waals surface area contributed by atoms with E-state index in [0.29, 0.717) is 12.2 Å². The summed E-state index contributed by atoms with van der Waals surface area (Å²) in [6.07, 6.45) is 0. The molecule has 3 rings (SSSR count). The number of rotatable bonds is 5. The molecular weight excluding hydrogens is 310 g/mol. The first-order valence-corrected chi connectivity index (χ1v) is 8.60. The molecule has 0 radical (unpaired) electrons. The Morgan fingerprint density at radius 2 is 2.13 bits per heavy atom. The van der Waals surface area contributed by atoms with Crippen LogP contribution >= 0.6 is 11.3 Å². The van der Waals surface area contributed by atoms with Crippen molar-refractivity contribution in [1.82, 2.24) is 0 Å². The number of likely N-dealkylation sites (N-methyl/N-ethyl adjacent to an activating group) is 1. The van der Waals surface area contributed by atoms with Crippen LogP contribution in [0.1, 0.15) is 11.8 Å². The van der Waals surface area contributed by atoms with Gasteiger partial charge in [0.1, 0.15) is 13.1 Å². The van der Waals surface area contributed by atoms with Crippen molar-refractivity contribution in [2.45, 2.75) is 13.5 Å². The van der Waals surface area contributed by atoms with Crippen molar-refractivity contribution in [2.75, 3.05) is 29.9 Å². The maximum atomic E-state index is 12.7. The van der Waals surface area contributed by atoms with E-state index in [1.54, 1.807) is 16.2 Å². The van der Waals surface area contributed by atoms with Crippen LogP contribution in [-0.2, 0) is 16.1 Å². The summed E-state index contributed by atoms with van der Waals surface area (Å²) in [5.74, 6) is -0.158. The molecule has 2 N–H and O–H groups in total. The summed E-state index contributed by atoms with van der Waals surface area (Å²) >= 11 is 1.71. The lowest BCUT2D eigenvalue weighted by Crippen LogP contribution is -3.11. The molecule has 2 aromatic rings. The summed E-state index contributed by atoms with van der Waals surface area (Å²) in [4.78, 5) is 28.6. The van der Waals surface area contributed by atoms with Crippen LogP contribution in [0.4, 0.5) is 11.4 Å². The maximum absolute atomic E-state index is 12.7. The molecule has 1 atom stereocenters. The van der Waals surface area contributed by atoms with E-state index in [1.807, 2.05) is 30.3 Å². The van der Waals surface area contributed by atoms with Crippen LogP contribution in [0.2, 0.25) is 0 Å². The molecule has 0 aliphatic carbocycles. The van der Waals surface area contributed by atoms with Crippen LogP contribution in [0.15, 0.2) is 41.8 Å². The van der Waals surface area contributed by atoms with E-state index in [-0.39, 0.29) is 18.4 Å². The number of nitrogens with zero attached hydrogens (tertiary/aromatic N) is 1. The summed E-state index contributed by atoms with van der Waals surface area (Å²) in [6.45, 7) is 4.25. The van der Waals surface area contributed by atoms with Crippen molar-refractivity contribution in [1.29, 1.82) is 0 Å². The molecule has 1 aromatic carbocycles. The lowest BCUT2D eigenvalue weighted by molar-refractivity contribution is -0.903. The second-order valence-electron chi connectivity index (χ2n) is 5.58. The van der Waals surface area contributed by atoms with Crippen molar-refractivity contribution < 1.29 is 14.5 Å². The monoisotopic (exact) mass is 330 g/mol. The fraction of sp³-hybridized carbons (Fsp3) is 0.294. The standard InChI is InChI=1S/C17H19N3O2S/c1-2-19(10-13-6-5-9-23-13)12-17(22)20-11-16(21)18-14-7-3-4-8-15(14)20/h3-9H,2,10-12H2,1H3,(H,18,21)/p+1. The van der Waals surface area contributed by atoms with Gasteiger partial charge in [0.05, 0.1) is 22.8 Å². The molecule has 1 unspecified atom stereocenters. The third-order valence-electron chi connectivity index (χ3n) is 3.98. The number of nitrogens with one attached hydrogen (secondary N) is 2. The number of quaternary nitrogens is 1. The first-order valence-electron chi connectivity index (χ1n) is 7.72. The Bertz CT molecular complexity index is 700. The molecule has 1 aliphatic heterocycles. The molecule has 0 saturated heterocycles. The highest BCUT2D eigenvalue weighted by Gasteiger charge is 2.28. The van der Waals surface area contributed by atoms with Gasteiger partial charge in [0.15, 0.2) is 6.54 Å². The van der Waals surface area contributed by atoms with E-state index in [1.165, 1.54) is 9.78 Å². The Balaban J connectivity index is 1.73. The van der Waals surface area contributed by atoms with Gasteiger partial charge in [-0.2, -0.15) is 0 Å². The number of benzene rings is 1. The Morgan fingerprint density at radius 1 is 1.30 bits per heavy atom. The SMILES string of the molecule is CC[NH+](CC(=O)N1CC(=O)Nc2ccccc21)Cc1cccs1. The zero-order valence-electron chi connectivity index (χ0n) is 13.0. The average Bonchev–Trinajstić information content (AvgIpc) is 3.06. The van der Waals surface area contributed by atoms with Crippen LogP contribution in [0.5, 0.6) is 0 Å². The fourth-order valence-corrected chi connectivity index (χ4v) is 3.51. The van der Waals surface area contributed by atoms with Crippen molar-refractivity contribution >= 4 is 34.5 Å². The van der Waals surface area contributed by atoms with Gasteiger partial charge >= 0.3 is 0 Å². The van der Waals surface area contributed by atoms with E-state index in [2.05, 4.69) is 23.7 Å². The van der Waals surface area contributed by atoms with Gasteiger partial charge in [-0.3, -0.25) is 14.5 Å². The van der Waals surface area contributed by atoms with Gasteiger partial charge in [-0.1, -0.05) is 18.2 Å². The topological polar surface area (TPSA) is 53.9 Å². The van der Waals surface area contributed by atoms with Crippen molar-refractivity contribution in [3.8, 4) is 0 Å². The van der Waals surface area contributed by atoms with Crippen LogP contribution in [0.3, 0.4) is 0 Å². The van der Waals surface area contributed by atoms with Gasteiger partial charge in [-0.15, -0.1) is 11.3 Å². The number of fused-ring (bicyclic) bond motifs is 1. The summed E-state index contributed by atoms with van der Waals surface area (Å²) in [6, 6.07) is 11.6. The van der Waals surface area contributed by atoms with E-state index < -0.39 is 0 Å². The second-order valence-corrected chi connectivity index (χ2v) is 6.61. The molecule has 120 valence electrons. The van der Waals surface area contributed by atoms with E-state index in [9.17, 15) is 9.59 Å². The molecule has 23 heavy (non-hydrogen) atoms. The van der Waals surface area contributed by atoms with Gasteiger partial charge in [0.2, 0.25) is 5.91 Å². The number of anilines is 2. The first kappa shape index (κ1) is 15.7. The molecule has 1 aromatic heterocycles. The van der Waals surface area contributed by atoms with E-state index >= 15 is 0 Å². The van der Waals surface area contributed by atoms with Crippen LogP contribution in [0.25, 0.3) is 0 Å². The van der Waals surface area contributed by atoms with Crippen molar-refractivity contribution in [3.05, 3.63) is 46.7 Å². The molecular formula is C17H20N3O2S+. The minimum absolute atomic E-state index is 0.0132. The molecule has 2 heterocycles. The van der Waals surface area contributed by atoms with Crippen LogP contribution in [-0.4, -0.2) is 31.4 Å². The predicted octanol–water partition coefficient (Wildman–Crippen LogP) is 1.14. The highest BCUT2D eigenvalue weighted by atomic mass is 32.1. The Labute approximate surface area is 139 Å². The highest BCUT2D eigenvalue weighted by Crippen LogP contribution is 2.28. The lowest BCUT2D eigenvalue weighted by Gasteiger charge is -2.30. The molecule has 6 heteroatoms. The molecule has 1 aliphatic rings. The third kappa shape index (κ3) is 3.60. The number of carbonyl (C=O) groups is 2. The van der Waals surface area contributed by atoms with Gasteiger partial charge in [-0.05, 0) is 30.5 Å². The Kier molecular flexibility index (Phi) is 4.73. The summed E-state index contributed by atoms with van der Waals surface area (Å²) in [7, 11) is 0. The minimum Gasteiger partial charge on any atom is -0.323 e. The summed E-state index contributed by atoms with van der Waals surface area (Å²) < 4.78 is 0. The van der Waals surface area contributed by atoms with Gasteiger partial charge in [0.25, 0.3) is 5.91 Å². The van der Waals surface area contributed by atoms with Crippen molar-refractivity contribution in [3.63, 3.8) is 0 Å². The van der Waals surface area contributed by atoms with E-state index in [0.717, 1.165) is 18.8 Å². The zero-order chi connectivity index (χ0) is 16.2. The zero-order valence-corrected chi connectivity index (χ0v) is 13.9. The smallest absolute Gasteiger partial charge is 0.282 e. The molecule has 0 bridgehead atoms. The van der Waals surface area contributed by atoms with Crippen LogP contribution in [0, 0.1) is 0 Å². The van der Waals surface area contributed by atoms with Crippen LogP contribution < -0.4 is 15.1 Å². The lowest BCUT2D eigenvalue weighted by atomic mass is 10.2. The number of carbonyl (C=O) groups excluding carboxylic acids is 2. The predicted molar refractivity (Wildman–Crippen MR) is 91.8 cm³/mol. The number of hydrogen-bond donors (Lipinski definition) is 2. The largest absolute Gasteiger partial charge is 0.323 e. The highest BCUT2D eigenvalue weighted by molar-refractivity contribution is 7.09. The summed E-state index contributed by atoms with van der Waals surface area (Å²) in [5, 5.41) is 4.86.